The highest BCUT2D eigenvalue weighted by molar-refractivity contribution is 7.21. The predicted molar refractivity (Wildman–Crippen MR) is 264 cm³/mol. The molecule has 0 bridgehead atoms. The summed E-state index contributed by atoms with van der Waals surface area (Å²) in [6.07, 6.45) is 9.17. The van der Waals surface area contributed by atoms with Crippen LogP contribution < -0.4 is 45.8 Å². The fraction of sp³-hybridized carbons (Fsp3) is 0.0351. The highest BCUT2D eigenvalue weighted by Gasteiger charge is 2.50. The molecule has 0 spiro atoms. The van der Waals surface area contributed by atoms with Crippen LogP contribution in [0.3, 0.4) is 0 Å². The van der Waals surface area contributed by atoms with Crippen molar-refractivity contribution in [2.24, 2.45) is 0 Å². The zero-order chi connectivity index (χ0) is 42.5. The second kappa shape index (κ2) is 15.6. The summed E-state index contributed by atoms with van der Waals surface area (Å²) >= 11 is 0. The number of hydrogen-bond donors (Lipinski definition) is 0. The van der Waals surface area contributed by atoms with Crippen molar-refractivity contribution < 1.29 is 9.47 Å². The topological polar surface area (TPSA) is 57.1 Å². The van der Waals surface area contributed by atoms with Crippen LogP contribution in [0.25, 0.3) is 34.2 Å². The molecule has 0 saturated heterocycles. The number of fused-ring (bicyclic) bond motifs is 4. The maximum Gasteiger partial charge on any atom is 0.188 e. The minimum atomic E-state index is -2.94. The lowest BCUT2D eigenvalue weighted by Crippen LogP contribution is -2.76. The Bertz CT molecular complexity index is 3250. The quantitative estimate of drug-likeness (QED) is 0.150. The monoisotopic (exact) mass is 855 g/mol. The van der Waals surface area contributed by atoms with Gasteiger partial charge in [0, 0.05) is 5.56 Å². The molecule has 12 rings (SSSR count). The lowest BCUT2D eigenvalue weighted by Gasteiger charge is -2.41. The van der Waals surface area contributed by atoms with Crippen molar-refractivity contribution in [3.8, 4) is 57.2 Å². The molecule has 64 heavy (non-hydrogen) atoms. The standard InChI is InChI=1S/C57H41N3O2Si2/c1-6-22-40(23-7-1)55-58-56(45-32-20-38-51-53(45)61-47-34-16-18-36-49(47)63(51,41-24-8-2-9-25-41)42-26-10-3-11-27-42)60-57(59-55)46-33-21-39-52-54(46)62-48-35-17-19-37-50(48)64(52,43-28-12-4-13-29-43)44-30-14-5-15-31-44/h1-4,6-14,16-39H,5,15H2. The van der Waals surface area contributed by atoms with Gasteiger partial charge in [0.2, 0.25) is 0 Å². The molecular weight excluding hydrogens is 815 g/mol. The third-order valence-electron chi connectivity index (χ3n) is 13.0. The van der Waals surface area contributed by atoms with Crippen molar-refractivity contribution in [1.29, 1.82) is 0 Å². The molecule has 304 valence electrons. The number of rotatable bonds is 7. The van der Waals surface area contributed by atoms with Crippen molar-refractivity contribution in [3.63, 3.8) is 0 Å². The second-order valence-electron chi connectivity index (χ2n) is 16.5. The van der Waals surface area contributed by atoms with Gasteiger partial charge >= 0.3 is 0 Å². The number of para-hydroxylation sites is 4. The van der Waals surface area contributed by atoms with Crippen LogP contribution in [0.15, 0.2) is 230 Å². The first-order valence-electron chi connectivity index (χ1n) is 21.9. The van der Waals surface area contributed by atoms with Gasteiger partial charge < -0.3 is 9.47 Å². The van der Waals surface area contributed by atoms with Crippen LogP contribution in [-0.4, -0.2) is 31.1 Å². The van der Waals surface area contributed by atoms with Crippen LogP contribution in [0.2, 0.25) is 0 Å². The summed E-state index contributed by atoms with van der Waals surface area (Å²) in [5.74, 6) is 4.90. The van der Waals surface area contributed by atoms with E-state index in [1.807, 2.05) is 18.2 Å². The van der Waals surface area contributed by atoms with E-state index in [1.165, 1.54) is 36.3 Å². The van der Waals surface area contributed by atoms with Gasteiger partial charge in [-0.2, -0.15) is 0 Å². The summed E-state index contributed by atoms with van der Waals surface area (Å²) in [5.41, 5.74) is 2.51. The minimum absolute atomic E-state index is 0.530. The third-order valence-corrected chi connectivity index (χ3v) is 22.7. The first-order chi connectivity index (χ1) is 31.7. The van der Waals surface area contributed by atoms with E-state index >= 15 is 0 Å². The van der Waals surface area contributed by atoms with Gasteiger partial charge in [-0.3, -0.25) is 0 Å². The van der Waals surface area contributed by atoms with E-state index in [9.17, 15) is 0 Å². The van der Waals surface area contributed by atoms with Crippen LogP contribution in [-0.2, 0) is 0 Å². The second-order valence-corrected chi connectivity index (χ2v) is 23.9. The maximum absolute atomic E-state index is 7.14. The molecule has 1 aromatic heterocycles. The number of aromatic nitrogens is 3. The lowest BCUT2D eigenvalue weighted by molar-refractivity contribution is 0.488. The Labute approximate surface area is 374 Å². The summed E-state index contributed by atoms with van der Waals surface area (Å²) in [5, 5.41) is 9.99. The van der Waals surface area contributed by atoms with Gasteiger partial charge in [-0.25, -0.2) is 15.0 Å². The normalized spacial score (nSPS) is 16.5. The van der Waals surface area contributed by atoms with E-state index in [-0.39, 0.29) is 0 Å². The van der Waals surface area contributed by atoms with Crippen LogP contribution in [0, 0.1) is 0 Å². The SMILES string of the molecule is C1=CC([Si]2(c3ccccc3)c3ccccc3Oc3c(-c4nc(-c5ccccc5)nc(-c5cccc6c5Oc5ccccc5[Si]6(c5ccccc5)c5ccccc5)n4)cccc32)=CCC1. The largest absolute Gasteiger partial charge is 0.457 e. The molecular formula is C57H41N3O2Si2. The average Bonchev–Trinajstić information content (AvgIpc) is 3.38. The lowest BCUT2D eigenvalue weighted by atomic mass is 10.1. The smallest absolute Gasteiger partial charge is 0.188 e. The van der Waals surface area contributed by atoms with Crippen molar-refractivity contribution >= 4 is 52.5 Å². The molecule has 9 aromatic rings. The third kappa shape index (κ3) is 5.85. The Balaban J connectivity index is 1.13. The van der Waals surface area contributed by atoms with Gasteiger partial charge in [0.25, 0.3) is 0 Å². The highest BCUT2D eigenvalue weighted by atomic mass is 28.3. The van der Waals surface area contributed by atoms with Crippen molar-refractivity contribution in [1.82, 2.24) is 15.0 Å². The fourth-order valence-electron chi connectivity index (χ4n) is 10.3. The molecule has 2 aliphatic heterocycles. The minimum Gasteiger partial charge on any atom is -0.457 e. The Kier molecular flexibility index (Phi) is 9.24. The molecule has 3 heterocycles. The van der Waals surface area contributed by atoms with E-state index < -0.39 is 16.1 Å². The van der Waals surface area contributed by atoms with Crippen molar-refractivity contribution in [3.05, 3.63) is 230 Å². The Morgan fingerprint density at radius 1 is 0.359 bits per heavy atom. The summed E-state index contributed by atoms with van der Waals surface area (Å²) in [6, 6.07) is 73.3. The molecule has 0 radical (unpaired) electrons. The molecule has 0 N–H and O–H groups in total. The summed E-state index contributed by atoms with van der Waals surface area (Å²) in [4.78, 5) is 16.1. The van der Waals surface area contributed by atoms with Gasteiger partial charge in [0.15, 0.2) is 33.6 Å². The molecule has 0 saturated carbocycles. The summed E-state index contributed by atoms with van der Waals surface area (Å²) in [6.45, 7) is 0. The van der Waals surface area contributed by atoms with Gasteiger partial charge in [-0.05, 0) is 78.6 Å². The molecule has 1 atom stereocenters. The van der Waals surface area contributed by atoms with Gasteiger partial charge in [0.1, 0.15) is 23.0 Å². The van der Waals surface area contributed by atoms with Crippen LogP contribution >= 0.6 is 0 Å². The fourth-order valence-corrected chi connectivity index (χ4v) is 20.4. The van der Waals surface area contributed by atoms with Crippen LogP contribution in [0.1, 0.15) is 12.8 Å². The van der Waals surface area contributed by atoms with Crippen molar-refractivity contribution in [2.45, 2.75) is 12.8 Å². The zero-order valence-electron chi connectivity index (χ0n) is 34.9. The maximum atomic E-state index is 7.14. The van der Waals surface area contributed by atoms with Crippen LogP contribution in [0.5, 0.6) is 23.0 Å². The molecule has 0 fully saturated rings. The predicted octanol–water partition coefficient (Wildman–Crippen LogP) is 8.75. The number of ether oxygens (including phenoxy) is 2. The first kappa shape index (κ1) is 38.0. The average molecular weight is 856 g/mol. The molecule has 1 unspecified atom stereocenters. The van der Waals surface area contributed by atoms with E-state index in [4.69, 9.17) is 24.4 Å². The number of hydrogen-bond acceptors (Lipinski definition) is 5. The number of nitrogens with zero attached hydrogens (tertiary/aromatic N) is 3. The molecule has 8 aromatic carbocycles. The van der Waals surface area contributed by atoms with E-state index in [0.29, 0.717) is 17.5 Å². The van der Waals surface area contributed by atoms with Gasteiger partial charge in [-0.1, -0.05) is 200 Å². The first-order valence-corrected chi connectivity index (χ1v) is 25.9. The Morgan fingerprint density at radius 2 is 0.781 bits per heavy atom. The molecule has 7 heteroatoms. The highest BCUT2D eigenvalue weighted by Crippen LogP contribution is 2.41. The summed E-state index contributed by atoms with van der Waals surface area (Å²) < 4.78 is 14.3. The zero-order valence-corrected chi connectivity index (χ0v) is 36.9. The Morgan fingerprint density at radius 3 is 1.30 bits per heavy atom. The molecule has 3 aliphatic rings. The number of benzene rings is 8. The van der Waals surface area contributed by atoms with Gasteiger partial charge in [0.05, 0.1) is 11.1 Å². The Hall–Kier alpha value is -7.72. The van der Waals surface area contributed by atoms with Crippen LogP contribution in [0.4, 0.5) is 0 Å². The van der Waals surface area contributed by atoms with E-state index in [2.05, 4.69) is 206 Å². The molecule has 5 nitrogen and oxygen atoms in total. The summed E-state index contributed by atoms with van der Waals surface area (Å²) in [7, 11) is -5.83. The molecule has 1 aliphatic carbocycles. The van der Waals surface area contributed by atoms with Gasteiger partial charge in [-0.15, -0.1) is 0 Å². The van der Waals surface area contributed by atoms with E-state index in [1.54, 1.807) is 0 Å². The van der Waals surface area contributed by atoms with Crippen molar-refractivity contribution in [2.75, 3.05) is 0 Å². The van der Waals surface area contributed by atoms with E-state index in [0.717, 1.165) is 57.7 Å². The molecule has 0 amide bonds. The number of allylic oxidation sites excluding steroid dienone is 4.